The lowest BCUT2D eigenvalue weighted by atomic mass is 10.1. The summed E-state index contributed by atoms with van der Waals surface area (Å²) in [7, 11) is 1.88. The summed E-state index contributed by atoms with van der Waals surface area (Å²) in [5, 5.41) is 3.26. The van der Waals surface area contributed by atoms with Crippen molar-refractivity contribution in [3.05, 3.63) is 0 Å². The quantitative estimate of drug-likeness (QED) is 0.598. The molecule has 1 saturated heterocycles. The summed E-state index contributed by atoms with van der Waals surface area (Å²) in [6.07, 6.45) is 0.146. The van der Waals surface area contributed by atoms with Crippen LogP contribution < -0.4 is 11.1 Å². The molecule has 0 aromatic heterocycles. The molecule has 0 bridgehead atoms. The van der Waals surface area contributed by atoms with Crippen LogP contribution in [0.15, 0.2) is 0 Å². The number of amides is 1. The molecule has 14 heavy (non-hydrogen) atoms. The monoisotopic (exact) mass is 201 g/mol. The molecular weight excluding hydrogens is 182 g/mol. The van der Waals surface area contributed by atoms with Crippen LogP contribution in [0.25, 0.3) is 0 Å². The van der Waals surface area contributed by atoms with Gasteiger partial charge in [-0.15, -0.1) is 0 Å². The van der Waals surface area contributed by atoms with Crippen LogP contribution in [0.1, 0.15) is 6.92 Å². The van der Waals surface area contributed by atoms with Crippen molar-refractivity contribution in [2.75, 3.05) is 33.3 Å². The molecule has 0 aliphatic carbocycles. The van der Waals surface area contributed by atoms with E-state index in [1.54, 1.807) is 0 Å². The SMILES string of the molecule is CC(C1CNCCO1)N(C)CC(N)=O. The first-order valence-corrected chi connectivity index (χ1v) is 4.92. The lowest BCUT2D eigenvalue weighted by Gasteiger charge is -2.33. The first-order chi connectivity index (χ1) is 6.61. The van der Waals surface area contributed by atoms with Crippen LogP contribution in [-0.4, -0.2) is 56.2 Å². The van der Waals surface area contributed by atoms with E-state index in [0.717, 1.165) is 19.7 Å². The molecule has 2 unspecified atom stereocenters. The largest absolute Gasteiger partial charge is 0.374 e. The Kier molecular flexibility index (Phi) is 4.31. The van der Waals surface area contributed by atoms with E-state index in [2.05, 4.69) is 5.32 Å². The average molecular weight is 201 g/mol. The summed E-state index contributed by atoms with van der Waals surface area (Å²) in [5.74, 6) is -0.303. The van der Waals surface area contributed by atoms with Gasteiger partial charge < -0.3 is 15.8 Å². The molecule has 2 atom stereocenters. The Morgan fingerprint density at radius 1 is 1.79 bits per heavy atom. The fourth-order valence-corrected chi connectivity index (χ4v) is 1.57. The van der Waals surface area contributed by atoms with Crippen LogP contribution in [0.4, 0.5) is 0 Å². The van der Waals surface area contributed by atoms with E-state index in [9.17, 15) is 4.79 Å². The highest BCUT2D eigenvalue weighted by Crippen LogP contribution is 2.07. The molecule has 1 aliphatic rings. The van der Waals surface area contributed by atoms with E-state index in [-0.39, 0.29) is 24.6 Å². The van der Waals surface area contributed by atoms with E-state index < -0.39 is 0 Å². The van der Waals surface area contributed by atoms with Crippen LogP contribution in [0.5, 0.6) is 0 Å². The summed E-state index contributed by atoms with van der Waals surface area (Å²) in [6.45, 7) is 4.80. The fourth-order valence-electron chi connectivity index (χ4n) is 1.57. The Bertz CT molecular complexity index is 192. The predicted octanol–water partition coefficient (Wildman–Crippen LogP) is -1.22. The summed E-state index contributed by atoms with van der Waals surface area (Å²) in [6, 6.07) is 0.204. The average Bonchev–Trinajstić information content (AvgIpc) is 2.17. The molecule has 0 radical (unpaired) electrons. The standard InChI is InChI=1S/C9H19N3O2/c1-7(12(2)6-9(10)13)8-5-11-3-4-14-8/h7-8,11H,3-6H2,1-2H3,(H2,10,13). The number of ether oxygens (including phenoxy) is 1. The van der Waals surface area contributed by atoms with Crippen LogP contribution in [-0.2, 0) is 9.53 Å². The van der Waals surface area contributed by atoms with Gasteiger partial charge in [0.15, 0.2) is 0 Å². The van der Waals surface area contributed by atoms with Crippen molar-refractivity contribution in [2.45, 2.75) is 19.1 Å². The highest BCUT2D eigenvalue weighted by Gasteiger charge is 2.24. The lowest BCUT2D eigenvalue weighted by Crippen LogP contribution is -2.51. The number of hydrogen-bond acceptors (Lipinski definition) is 4. The van der Waals surface area contributed by atoms with Gasteiger partial charge in [-0.25, -0.2) is 0 Å². The van der Waals surface area contributed by atoms with Crippen molar-refractivity contribution in [3.63, 3.8) is 0 Å². The number of carbonyl (C=O) groups is 1. The third kappa shape index (κ3) is 3.25. The molecule has 1 heterocycles. The summed E-state index contributed by atoms with van der Waals surface area (Å²) in [4.78, 5) is 12.6. The maximum Gasteiger partial charge on any atom is 0.231 e. The molecule has 0 aromatic carbocycles. The van der Waals surface area contributed by atoms with E-state index >= 15 is 0 Å². The van der Waals surface area contributed by atoms with Gasteiger partial charge in [-0.3, -0.25) is 9.69 Å². The van der Waals surface area contributed by atoms with E-state index in [4.69, 9.17) is 10.5 Å². The van der Waals surface area contributed by atoms with E-state index in [1.807, 2.05) is 18.9 Å². The first kappa shape index (κ1) is 11.4. The molecule has 1 fully saturated rings. The number of carbonyl (C=O) groups excluding carboxylic acids is 1. The smallest absolute Gasteiger partial charge is 0.231 e. The molecule has 5 heteroatoms. The number of likely N-dealkylation sites (N-methyl/N-ethyl adjacent to an activating group) is 1. The summed E-state index contributed by atoms with van der Waals surface area (Å²) >= 11 is 0. The molecular formula is C9H19N3O2. The Balaban J connectivity index is 2.37. The molecule has 5 nitrogen and oxygen atoms in total. The second-order valence-electron chi connectivity index (χ2n) is 3.74. The molecule has 1 aliphatic heterocycles. The highest BCUT2D eigenvalue weighted by molar-refractivity contribution is 5.75. The Morgan fingerprint density at radius 2 is 2.50 bits per heavy atom. The van der Waals surface area contributed by atoms with Crippen LogP contribution in [0, 0.1) is 0 Å². The summed E-state index contributed by atoms with van der Waals surface area (Å²) < 4.78 is 5.59. The number of nitrogens with one attached hydrogen (secondary N) is 1. The molecule has 1 amide bonds. The van der Waals surface area contributed by atoms with Gasteiger partial charge in [-0.2, -0.15) is 0 Å². The van der Waals surface area contributed by atoms with Crippen molar-refractivity contribution in [1.29, 1.82) is 0 Å². The Labute approximate surface area is 84.6 Å². The minimum Gasteiger partial charge on any atom is -0.374 e. The van der Waals surface area contributed by atoms with Gasteiger partial charge in [-0.1, -0.05) is 0 Å². The number of morpholine rings is 1. The van der Waals surface area contributed by atoms with Crippen molar-refractivity contribution in [3.8, 4) is 0 Å². The molecule has 3 N–H and O–H groups in total. The minimum atomic E-state index is -0.303. The Hall–Kier alpha value is -0.650. The number of hydrogen-bond donors (Lipinski definition) is 2. The zero-order chi connectivity index (χ0) is 10.6. The second kappa shape index (κ2) is 5.29. The topological polar surface area (TPSA) is 67.6 Å². The number of nitrogens with zero attached hydrogens (tertiary/aromatic N) is 1. The molecule has 0 saturated carbocycles. The van der Waals surface area contributed by atoms with Gasteiger partial charge in [-0.05, 0) is 14.0 Å². The summed E-state index contributed by atoms with van der Waals surface area (Å²) in [5.41, 5.74) is 5.12. The minimum absolute atomic E-state index is 0.146. The lowest BCUT2D eigenvalue weighted by molar-refractivity contribution is -0.120. The van der Waals surface area contributed by atoms with Crippen molar-refractivity contribution in [1.82, 2.24) is 10.2 Å². The van der Waals surface area contributed by atoms with Crippen molar-refractivity contribution >= 4 is 5.91 Å². The van der Waals surface area contributed by atoms with Crippen LogP contribution in [0.3, 0.4) is 0 Å². The normalized spacial score (nSPS) is 24.9. The van der Waals surface area contributed by atoms with Gasteiger partial charge >= 0.3 is 0 Å². The van der Waals surface area contributed by atoms with Crippen LogP contribution in [0.2, 0.25) is 0 Å². The van der Waals surface area contributed by atoms with Gasteiger partial charge in [0.05, 0.1) is 19.3 Å². The van der Waals surface area contributed by atoms with Crippen molar-refractivity contribution in [2.24, 2.45) is 5.73 Å². The zero-order valence-corrected chi connectivity index (χ0v) is 8.82. The molecule has 1 rings (SSSR count). The maximum absolute atomic E-state index is 10.7. The third-order valence-electron chi connectivity index (χ3n) is 2.59. The van der Waals surface area contributed by atoms with Crippen LogP contribution >= 0.6 is 0 Å². The maximum atomic E-state index is 10.7. The number of nitrogens with two attached hydrogens (primary N) is 1. The molecule has 0 aromatic rings. The number of primary amides is 1. The zero-order valence-electron chi connectivity index (χ0n) is 8.82. The molecule has 0 spiro atoms. The second-order valence-corrected chi connectivity index (χ2v) is 3.74. The van der Waals surface area contributed by atoms with E-state index in [0.29, 0.717) is 0 Å². The highest BCUT2D eigenvalue weighted by atomic mass is 16.5. The van der Waals surface area contributed by atoms with Gasteiger partial charge in [0.1, 0.15) is 0 Å². The van der Waals surface area contributed by atoms with Gasteiger partial charge in [0.2, 0.25) is 5.91 Å². The Morgan fingerprint density at radius 3 is 3.00 bits per heavy atom. The number of rotatable bonds is 4. The van der Waals surface area contributed by atoms with E-state index in [1.165, 1.54) is 0 Å². The van der Waals surface area contributed by atoms with Gasteiger partial charge in [0.25, 0.3) is 0 Å². The fraction of sp³-hybridized carbons (Fsp3) is 0.889. The van der Waals surface area contributed by atoms with Gasteiger partial charge in [0, 0.05) is 19.1 Å². The van der Waals surface area contributed by atoms with Crippen molar-refractivity contribution < 1.29 is 9.53 Å². The molecule has 82 valence electrons. The third-order valence-corrected chi connectivity index (χ3v) is 2.59. The predicted molar refractivity (Wildman–Crippen MR) is 53.9 cm³/mol. The first-order valence-electron chi connectivity index (χ1n) is 4.92.